The molecule has 2 heterocycles. The summed E-state index contributed by atoms with van der Waals surface area (Å²) in [7, 11) is 0. The SMILES string of the molecule is c1ccc(-c2nc(-c3ccccc3)nc(-c3ccc(-c4nc5ccccc5c5c4-c4ccccc4C54c5ccccc5-c5ccccc54)cc3)n2)cc1. The van der Waals surface area contributed by atoms with Gasteiger partial charge in [0.05, 0.1) is 16.6 Å². The topological polar surface area (TPSA) is 51.6 Å². The zero-order valence-electron chi connectivity index (χ0n) is 28.6. The highest BCUT2D eigenvalue weighted by atomic mass is 15.0. The van der Waals surface area contributed by atoms with Crippen LogP contribution in [0, 0.1) is 0 Å². The third kappa shape index (κ3) is 4.30. The van der Waals surface area contributed by atoms with Crippen LogP contribution in [0.4, 0.5) is 0 Å². The summed E-state index contributed by atoms with van der Waals surface area (Å²) in [4.78, 5) is 20.3. The lowest BCUT2D eigenvalue weighted by Crippen LogP contribution is -2.26. The number of pyridine rings is 1. The van der Waals surface area contributed by atoms with E-state index in [1.807, 2.05) is 60.7 Å². The maximum absolute atomic E-state index is 5.45. The Morgan fingerprint density at radius 2 is 0.736 bits per heavy atom. The molecule has 53 heavy (non-hydrogen) atoms. The van der Waals surface area contributed by atoms with Gasteiger partial charge in [-0.25, -0.2) is 19.9 Å². The van der Waals surface area contributed by atoms with Crippen LogP contribution in [-0.2, 0) is 5.41 Å². The molecule has 9 aromatic rings. The van der Waals surface area contributed by atoms with Gasteiger partial charge < -0.3 is 0 Å². The van der Waals surface area contributed by atoms with Gasteiger partial charge in [-0.1, -0.05) is 176 Å². The van der Waals surface area contributed by atoms with Crippen molar-refractivity contribution in [2.75, 3.05) is 0 Å². The summed E-state index contributed by atoms with van der Waals surface area (Å²) in [5, 5.41) is 1.18. The highest BCUT2D eigenvalue weighted by Gasteiger charge is 2.53. The third-order valence-electron chi connectivity index (χ3n) is 10.9. The van der Waals surface area contributed by atoms with Crippen molar-refractivity contribution in [1.82, 2.24) is 19.9 Å². The Kier molecular flexibility index (Phi) is 6.43. The molecule has 246 valence electrons. The molecule has 4 nitrogen and oxygen atoms in total. The Balaban J connectivity index is 1.14. The number of rotatable bonds is 4. The van der Waals surface area contributed by atoms with Crippen molar-refractivity contribution >= 4 is 10.9 Å². The van der Waals surface area contributed by atoms with Crippen LogP contribution in [0.25, 0.3) is 78.6 Å². The van der Waals surface area contributed by atoms with Gasteiger partial charge in [-0.05, 0) is 45.0 Å². The molecule has 1 spiro atoms. The molecule has 11 rings (SSSR count). The Hall–Kier alpha value is -7.04. The molecule has 0 fully saturated rings. The largest absolute Gasteiger partial charge is 0.247 e. The van der Waals surface area contributed by atoms with Gasteiger partial charge in [0, 0.05) is 33.2 Å². The van der Waals surface area contributed by atoms with Gasteiger partial charge in [0.15, 0.2) is 17.5 Å². The van der Waals surface area contributed by atoms with Crippen LogP contribution in [0.2, 0.25) is 0 Å². The molecule has 0 saturated heterocycles. The van der Waals surface area contributed by atoms with E-state index in [1.54, 1.807) is 0 Å². The van der Waals surface area contributed by atoms with E-state index in [0.29, 0.717) is 17.5 Å². The zero-order chi connectivity index (χ0) is 34.9. The first kappa shape index (κ1) is 29.7. The van der Waals surface area contributed by atoms with Crippen LogP contribution in [0.5, 0.6) is 0 Å². The van der Waals surface area contributed by atoms with E-state index in [-0.39, 0.29) is 0 Å². The maximum atomic E-state index is 5.45. The van der Waals surface area contributed by atoms with E-state index in [0.717, 1.165) is 33.5 Å². The minimum atomic E-state index is -0.469. The maximum Gasteiger partial charge on any atom is 0.164 e. The molecule has 2 aliphatic carbocycles. The van der Waals surface area contributed by atoms with E-state index >= 15 is 0 Å². The van der Waals surface area contributed by atoms with Crippen molar-refractivity contribution in [3.05, 3.63) is 204 Å². The Morgan fingerprint density at radius 3 is 1.30 bits per heavy atom. The van der Waals surface area contributed by atoms with Gasteiger partial charge in [-0.2, -0.15) is 0 Å². The second-order valence-corrected chi connectivity index (χ2v) is 13.7. The molecule has 4 heteroatoms. The summed E-state index contributed by atoms with van der Waals surface area (Å²) in [5.41, 5.74) is 15.6. The number of benzene rings is 7. The number of aromatic nitrogens is 4. The van der Waals surface area contributed by atoms with Crippen LogP contribution < -0.4 is 0 Å². The van der Waals surface area contributed by atoms with Crippen LogP contribution in [0.3, 0.4) is 0 Å². The number of fused-ring (bicyclic) bond motifs is 12. The van der Waals surface area contributed by atoms with Crippen LogP contribution >= 0.6 is 0 Å². The van der Waals surface area contributed by atoms with E-state index in [2.05, 4.69) is 121 Å². The van der Waals surface area contributed by atoms with E-state index in [9.17, 15) is 0 Å². The number of para-hydroxylation sites is 1. The van der Waals surface area contributed by atoms with E-state index < -0.39 is 5.41 Å². The van der Waals surface area contributed by atoms with Gasteiger partial charge in [0.1, 0.15) is 0 Å². The fraction of sp³-hybridized carbons (Fsp3) is 0.0204. The highest BCUT2D eigenvalue weighted by molar-refractivity contribution is 6.06. The molecule has 0 N–H and O–H groups in total. The first-order valence-corrected chi connectivity index (χ1v) is 18.0. The molecule has 7 aromatic carbocycles. The molecule has 0 aliphatic heterocycles. The molecule has 2 aliphatic rings. The number of nitrogens with zero attached hydrogens (tertiary/aromatic N) is 4. The smallest absolute Gasteiger partial charge is 0.164 e. The van der Waals surface area contributed by atoms with Crippen LogP contribution in [0.1, 0.15) is 22.3 Å². The highest BCUT2D eigenvalue weighted by Crippen LogP contribution is 2.65. The van der Waals surface area contributed by atoms with Crippen molar-refractivity contribution < 1.29 is 0 Å². The first-order valence-electron chi connectivity index (χ1n) is 18.0. The third-order valence-corrected chi connectivity index (χ3v) is 10.9. The van der Waals surface area contributed by atoms with E-state index in [4.69, 9.17) is 19.9 Å². The fourth-order valence-electron chi connectivity index (χ4n) is 8.74. The lowest BCUT2D eigenvalue weighted by molar-refractivity contribution is 0.801. The molecule has 0 bridgehead atoms. The summed E-state index contributed by atoms with van der Waals surface area (Å²) >= 11 is 0. The second-order valence-electron chi connectivity index (χ2n) is 13.7. The summed E-state index contributed by atoms with van der Waals surface area (Å²) < 4.78 is 0. The standard InChI is InChI=1S/C49H30N4/c1-3-15-32(16-4-1)46-51-47(33-17-5-2-6-18-33)53-48(52-46)34-29-27-31(28-30-34)45-43-37-21-9-13-25-41(37)49(44(43)38-22-10-14-26-42(38)50-45)39-23-11-7-19-35(39)36-20-8-12-24-40(36)49/h1-30H. The van der Waals surface area contributed by atoms with Gasteiger partial charge in [0.25, 0.3) is 0 Å². The minimum absolute atomic E-state index is 0.469. The van der Waals surface area contributed by atoms with Crippen molar-refractivity contribution in [2.24, 2.45) is 0 Å². The Morgan fingerprint density at radius 1 is 0.321 bits per heavy atom. The monoisotopic (exact) mass is 674 g/mol. The summed E-state index contributed by atoms with van der Waals surface area (Å²) in [6.07, 6.45) is 0. The normalized spacial score (nSPS) is 13.1. The van der Waals surface area contributed by atoms with Crippen molar-refractivity contribution in [2.45, 2.75) is 5.41 Å². The molecule has 0 unspecified atom stereocenters. The first-order chi connectivity index (χ1) is 26.3. The number of hydrogen-bond acceptors (Lipinski definition) is 4. The minimum Gasteiger partial charge on any atom is -0.247 e. The van der Waals surface area contributed by atoms with Gasteiger partial charge >= 0.3 is 0 Å². The molecule has 0 radical (unpaired) electrons. The molecular formula is C49H30N4. The summed E-state index contributed by atoms with van der Waals surface area (Å²) in [6, 6.07) is 64.3. The average Bonchev–Trinajstić information content (AvgIpc) is 3.72. The molecular weight excluding hydrogens is 645 g/mol. The van der Waals surface area contributed by atoms with Crippen molar-refractivity contribution in [3.8, 4) is 67.7 Å². The molecule has 0 atom stereocenters. The lowest BCUT2D eigenvalue weighted by Gasteiger charge is -2.31. The van der Waals surface area contributed by atoms with E-state index in [1.165, 1.54) is 49.9 Å². The van der Waals surface area contributed by atoms with Crippen molar-refractivity contribution in [3.63, 3.8) is 0 Å². The van der Waals surface area contributed by atoms with Crippen LogP contribution in [-0.4, -0.2) is 19.9 Å². The van der Waals surface area contributed by atoms with Crippen LogP contribution in [0.15, 0.2) is 182 Å². The Bertz CT molecular complexity index is 2780. The second kappa shape index (κ2) is 11.5. The molecule has 0 saturated carbocycles. The number of hydrogen-bond donors (Lipinski definition) is 0. The average molecular weight is 675 g/mol. The quantitative estimate of drug-likeness (QED) is 0.186. The molecule has 0 amide bonds. The summed E-state index contributed by atoms with van der Waals surface area (Å²) in [5.74, 6) is 1.92. The Labute approximate surface area is 307 Å². The van der Waals surface area contributed by atoms with Gasteiger partial charge in [-0.15, -0.1) is 0 Å². The predicted octanol–water partition coefficient (Wildman–Crippen LogP) is 11.4. The van der Waals surface area contributed by atoms with Gasteiger partial charge in [-0.3, -0.25) is 0 Å². The lowest BCUT2D eigenvalue weighted by atomic mass is 9.69. The predicted molar refractivity (Wildman–Crippen MR) is 213 cm³/mol. The molecule has 2 aromatic heterocycles. The summed E-state index contributed by atoms with van der Waals surface area (Å²) in [6.45, 7) is 0. The van der Waals surface area contributed by atoms with Crippen molar-refractivity contribution in [1.29, 1.82) is 0 Å². The zero-order valence-corrected chi connectivity index (χ0v) is 28.6. The van der Waals surface area contributed by atoms with Gasteiger partial charge in [0.2, 0.25) is 0 Å². The fourth-order valence-corrected chi connectivity index (χ4v) is 8.74.